The third-order valence-corrected chi connectivity index (χ3v) is 3.65. The number of benzene rings is 1. The minimum absolute atomic E-state index is 0.138. The third kappa shape index (κ3) is 2.22. The molecule has 1 aliphatic heterocycles. The van der Waals surface area contributed by atoms with E-state index in [-0.39, 0.29) is 6.61 Å². The predicted molar refractivity (Wildman–Crippen MR) is 67.7 cm³/mol. The van der Waals surface area contributed by atoms with Gasteiger partial charge in [0.25, 0.3) is 0 Å². The van der Waals surface area contributed by atoms with Gasteiger partial charge in [-0.3, -0.25) is 0 Å². The maximum absolute atomic E-state index is 9.08. The van der Waals surface area contributed by atoms with E-state index in [0.29, 0.717) is 0 Å². The lowest BCUT2D eigenvalue weighted by Gasteiger charge is -2.21. The Morgan fingerprint density at radius 2 is 2.25 bits per heavy atom. The van der Waals surface area contributed by atoms with Gasteiger partial charge < -0.3 is 10.0 Å². The minimum Gasteiger partial charge on any atom is -0.392 e. The molecule has 0 aromatic heterocycles. The molecule has 1 unspecified atom stereocenters. The van der Waals surface area contributed by atoms with E-state index in [4.69, 9.17) is 5.11 Å². The molecule has 1 heterocycles. The maximum atomic E-state index is 9.08. The average molecular weight is 219 g/mol. The van der Waals surface area contributed by atoms with Crippen molar-refractivity contribution in [3.05, 3.63) is 29.3 Å². The summed E-state index contributed by atoms with van der Waals surface area (Å²) < 4.78 is 0. The van der Waals surface area contributed by atoms with Crippen molar-refractivity contribution < 1.29 is 5.11 Å². The van der Waals surface area contributed by atoms with Crippen LogP contribution in [0.5, 0.6) is 0 Å². The van der Waals surface area contributed by atoms with Gasteiger partial charge in [-0.25, -0.2) is 0 Å². The Hall–Kier alpha value is -1.02. The van der Waals surface area contributed by atoms with Gasteiger partial charge in [-0.1, -0.05) is 25.5 Å². The molecule has 1 N–H and O–H groups in total. The monoisotopic (exact) mass is 219 g/mol. The molecule has 88 valence electrons. The largest absolute Gasteiger partial charge is 0.392 e. The van der Waals surface area contributed by atoms with Crippen LogP contribution in [0, 0.1) is 12.8 Å². The van der Waals surface area contributed by atoms with Crippen molar-refractivity contribution in [2.45, 2.75) is 33.3 Å². The Bertz CT molecular complexity index is 362. The van der Waals surface area contributed by atoms with Gasteiger partial charge in [0.05, 0.1) is 6.61 Å². The first-order valence-electron chi connectivity index (χ1n) is 6.20. The summed E-state index contributed by atoms with van der Waals surface area (Å²) in [6.07, 6.45) is 2.60. The van der Waals surface area contributed by atoms with E-state index in [1.165, 1.54) is 37.2 Å². The zero-order chi connectivity index (χ0) is 11.5. The number of anilines is 1. The highest BCUT2D eigenvalue weighted by molar-refractivity contribution is 5.55. The Morgan fingerprint density at radius 3 is 2.81 bits per heavy atom. The summed E-state index contributed by atoms with van der Waals surface area (Å²) in [6, 6.07) is 6.27. The van der Waals surface area contributed by atoms with Crippen LogP contribution in [0.3, 0.4) is 0 Å². The molecule has 2 rings (SSSR count). The van der Waals surface area contributed by atoms with Crippen LogP contribution in [0.15, 0.2) is 18.2 Å². The van der Waals surface area contributed by atoms with Crippen molar-refractivity contribution in [2.24, 2.45) is 5.92 Å². The molecular formula is C14H21NO. The fourth-order valence-electron chi connectivity index (χ4n) is 2.56. The number of hydrogen-bond donors (Lipinski definition) is 1. The summed E-state index contributed by atoms with van der Waals surface area (Å²) in [7, 11) is 0. The van der Waals surface area contributed by atoms with Crippen LogP contribution in [-0.2, 0) is 6.61 Å². The number of nitrogens with zero attached hydrogens (tertiary/aromatic N) is 1. The lowest BCUT2D eigenvalue weighted by atomic mass is 10.1. The summed E-state index contributed by atoms with van der Waals surface area (Å²) in [5.74, 6) is 0.858. The van der Waals surface area contributed by atoms with E-state index >= 15 is 0 Å². The molecule has 1 aromatic rings. The maximum Gasteiger partial charge on any atom is 0.0681 e. The molecule has 1 aliphatic rings. The van der Waals surface area contributed by atoms with E-state index < -0.39 is 0 Å². The number of aryl methyl sites for hydroxylation is 1. The first-order valence-corrected chi connectivity index (χ1v) is 6.20. The molecule has 16 heavy (non-hydrogen) atoms. The van der Waals surface area contributed by atoms with Gasteiger partial charge in [-0.15, -0.1) is 0 Å². The molecule has 0 radical (unpaired) electrons. The van der Waals surface area contributed by atoms with Gasteiger partial charge in [-0.2, -0.15) is 0 Å². The summed E-state index contributed by atoms with van der Waals surface area (Å²) in [5, 5.41) is 9.08. The highest BCUT2D eigenvalue weighted by atomic mass is 16.3. The highest BCUT2D eigenvalue weighted by Gasteiger charge is 2.21. The van der Waals surface area contributed by atoms with Gasteiger partial charge in [-0.05, 0) is 36.5 Å². The SMILES string of the molecule is CCC1CCN(c2ccc(CO)cc2C)C1. The molecular weight excluding hydrogens is 198 g/mol. The van der Waals surface area contributed by atoms with Crippen LogP contribution < -0.4 is 4.90 Å². The first-order chi connectivity index (χ1) is 7.74. The zero-order valence-electron chi connectivity index (χ0n) is 10.2. The van der Waals surface area contributed by atoms with Crippen molar-refractivity contribution in [3.8, 4) is 0 Å². The summed E-state index contributed by atoms with van der Waals surface area (Å²) in [4.78, 5) is 2.48. The van der Waals surface area contributed by atoms with E-state index in [1.54, 1.807) is 0 Å². The van der Waals surface area contributed by atoms with E-state index in [2.05, 4.69) is 30.9 Å². The van der Waals surface area contributed by atoms with Crippen LogP contribution in [0.1, 0.15) is 30.9 Å². The average Bonchev–Trinajstić information content (AvgIpc) is 2.77. The Labute approximate surface area is 97.9 Å². The van der Waals surface area contributed by atoms with Crippen molar-refractivity contribution in [1.29, 1.82) is 0 Å². The van der Waals surface area contributed by atoms with E-state index in [0.717, 1.165) is 11.5 Å². The molecule has 2 heteroatoms. The zero-order valence-corrected chi connectivity index (χ0v) is 10.2. The summed E-state index contributed by atoms with van der Waals surface area (Å²) >= 11 is 0. The second kappa shape index (κ2) is 4.88. The van der Waals surface area contributed by atoms with Crippen LogP contribution >= 0.6 is 0 Å². The molecule has 1 saturated heterocycles. The van der Waals surface area contributed by atoms with Crippen molar-refractivity contribution in [3.63, 3.8) is 0 Å². The number of aliphatic hydroxyl groups excluding tert-OH is 1. The second-order valence-electron chi connectivity index (χ2n) is 4.79. The topological polar surface area (TPSA) is 23.5 Å². The van der Waals surface area contributed by atoms with Gasteiger partial charge in [0.15, 0.2) is 0 Å². The molecule has 0 bridgehead atoms. The van der Waals surface area contributed by atoms with Gasteiger partial charge >= 0.3 is 0 Å². The standard InChI is InChI=1S/C14H21NO/c1-3-12-6-7-15(9-12)14-5-4-13(10-16)8-11(14)2/h4-5,8,12,16H,3,6-7,9-10H2,1-2H3. The van der Waals surface area contributed by atoms with Crippen molar-refractivity contribution in [1.82, 2.24) is 0 Å². The van der Waals surface area contributed by atoms with Crippen molar-refractivity contribution in [2.75, 3.05) is 18.0 Å². The summed E-state index contributed by atoms with van der Waals surface area (Å²) in [6.45, 7) is 6.91. The van der Waals surface area contributed by atoms with Gasteiger partial charge in [0.2, 0.25) is 0 Å². The Balaban J connectivity index is 2.15. The molecule has 0 spiro atoms. The molecule has 1 aromatic carbocycles. The summed E-state index contributed by atoms with van der Waals surface area (Å²) in [5.41, 5.74) is 3.63. The van der Waals surface area contributed by atoms with Crippen LogP contribution in [0.25, 0.3) is 0 Å². The van der Waals surface area contributed by atoms with Crippen molar-refractivity contribution >= 4 is 5.69 Å². The van der Waals surface area contributed by atoms with E-state index in [9.17, 15) is 0 Å². The number of aliphatic hydroxyl groups is 1. The molecule has 1 fully saturated rings. The fraction of sp³-hybridized carbons (Fsp3) is 0.571. The molecule has 1 atom stereocenters. The molecule has 0 saturated carbocycles. The number of hydrogen-bond acceptors (Lipinski definition) is 2. The van der Waals surface area contributed by atoms with Crippen LogP contribution in [-0.4, -0.2) is 18.2 Å². The second-order valence-corrected chi connectivity index (χ2v) is 4.79. The lowest BCUT2D eigenvalue weighted by Crippen LogP contribution is -2.20. The normalized spacial score (nSPS) is 20.4. The fourth-order valence-corrected chi connectivity index (χ4v) is 2.56. The highest BCUT2D eigenvalue weighted by Crippen LogP contribution is 2.28. The number of rotatable bonds is 3. The van der Waals surface area contributed by atoms with Crippen LogP contribution in [0.4, 0.5) is 5.69 Å². The minimum atomic E-state index is 0.138. The molecule has 2 nitrogen and oxygen atoms in total. The molecule has 0 amide bonds. The quantitative estimate of drug-likeness (QED) is 0.845. The molecule has 0 aliphatic carbocycles. The Morgan fingerprint density at radius 1 is 1.44 bits per heavy atom. The Kier molecular flexibility index (Phi) is 3.49. The van der Waals surface area contributed by atoms with E-state index in [1.807, 2.05) is 6.07 Å². The first kappa shape index (κ1) is 11.5. The third-order valence-electron chi connectivity index (χ3n) is 3.65. The lowest BCUT2D eigenvalue weighted by molar-refractivity contribution is 0.282. The van der Waals surface area contributed by atoms with Gasteiger partial charge in [0, 0.05) is 18.8 Å². The smallest absolute Gasteiger partial charge is 0.0681 e. The predicted octanol–water partition coefficient (Wildman–Crippen LogP) is 2.72. The van der Waals surface area contributed by atoms with Crippen LogP contribution in [0.2, 0.25) is 0 Å². The van der Waals surface area contributed by atoms with Gasteiger partial charge in [0.1, 0.15) is 0 Å².